The Hall–Kier alpha value is -0.610. The zero-order valence-corrected chi connectivity index (χ0v) is 10.4. The Morgan fingerprint density at radius 2 is 2.12 bits per heavy atom. The van der Waals surface area contributed by atoms with Crippen LogP contribution < -0.4 is 5.32 Å². The van der Waals surface area contributed by atoms with Crippen LogP contribution in [0.3, 0.4) is 0 Å². The molecule has 1 heterocycles. The van der Waals surface area contributed by atoms with Crippen molar-refractivity contribution in [3.8, 4) is 0 Å². The van der Waals surface area contributed by atoms with Gasteiger partial charge in [0.05, 0.1) is 0 Å². The van der Waals surface area contributed by atoms with Gasteiger partial charge in [-0.15, -0.1) is 0 Å². The number of carboxylic acids is 1. The molecule has 0 saturated carbocycles. The number of hydrogen-bond donors (Lipinski definition) is 2. The summed E-state index contributed by atoms with van der Waals surface area (Å²) in [5.41, 5.74) is 0. The summed E-state index contributed by atoms with van der Waals surface area (Å²) >= 11 is 0. The SMILES string of the molecule is CCCNC(CN1CCC(C)CC1)C(=O)O. The van der Waals surface area contributed by atoms with Crippen molar-refractivity contribution >= 4 is 5.97 Å². The van der Waals surface area contributed by atoms with Gasteiger partial charge < -0.3 is 15.3 Å². The number of likely N-dealkylation sites (tertiary alicyclic amines) is 1. The zero-order valence-electron chi connectivity index (χ0n) is 10.4. The molecule has 94 valence electrons. The van der Waals surface area contributed by atoms with Gasteiger partial charge in [-0.25, -0.2) is 0 Å². The van der Waals surface area contributed by atoms with E-state index in [4.69, 9.17) is 5.11 Å². The second-order valence-electron chi connectivity index (χ2n) is 4.83. The molecule has 1 rings (SSSR count). The van der Waals surface area contributed by atoms with E-state index in [1.807, 2.05) is 0 Å². The monoisotopic (exact) mass is 228 g/mol. The van der Waals surface area contributed by atoms with Crippen molar-refractivity contribution < 1.29 is 9.90 Å². The van der Waals surface area contributed by atoms with Crippen LogP contribution in [0.4, 0.5) is 0 Å². The topological polar surface area (TPSA) is 52.6 Å². The predicted octanol–water partition coefficient (Wildman–Crippen LogP) is 1.17. The number of carboxylic acid groups (broad SMARTS) is 1. The minimum Gasteiger partial charge on any atom is -0.480 e. The van der Waals surface area contributed by atoms with Gasteiger partial charge in [0, 0.05) is 6.54 Å². The van der Waals surface area contributed by atoms with Crippen molar-refractivity contribution in [2.45, 2.75) is 39.2 Å². The first-order chi connectivity index (χ1) is 7.63. The molecule has 16 heavy (non-hydrogen) atoms. The number of hydrogen-bond acceptors (Lipinski definition) is 3. The molecule has 0 aromatic rings. The number of carbonyl (C=O) groups is 1. The highest BCUT2D eigenvalue weighted by atomic mass is 16.4. The molecule has 1 unspecified atom stereocenters. The first-order valence-corrected chi connectivity index (χ1v) is 6.32. The van der Waals surface area contributed by atoms with Gasteiger partial charge in [-0.3, -0.25) is 4.79 Å². The Kier molecular flexibility index (Phi) is 5.77. The number of aliphatic carboxylic acids is 1. The minimum atomic E-state index is -0.730. The van der Waals surface area contributed by atoms with Gasteiger partial charge >= 0.3 is 5.97 Å². The van der Waals surface area contributed by atoms with Gasteiger partial charge in [-0.1, -0.05) is 13.8 Å². The molecule has 1 fully saturated rings. The Bertz CT molecular complexity index is 213. The Balaban J connectivity index is 2.33. The van der Waals surface area contributed by atoms with E-state index >= 15 is 0 Å². The van der Waals surface area contributed by atoms with Gasteiger partial charge in [-0.2, -0.15) is 0 Å². The summed E-state index contributed by atoms with van der Waals surface area (Å²) in [4.78, 5) is 13.3. The number of piperidine rings is 1. The summed E-state index contributed by atoms with van der Waals surface area (Å²) in [5.74, 6) is 0.0650. The third kappa shape index (κ3) is 4.49. The summed E-state index contributed by atoms with van der Waals surface area (Å²) in [6, 6.07) is -0.409. The maximum atomic E-state index is 11.1. The molecule has 1 aliphatic heterocycles. The molecule has 0 aromatic carbocycles. The fourth-order valence-corrected chi connectivity index (χ4v) is 2.05. The van der Waals surface area contributed by atoms with E-state index < -0.39 is 12.0 Å². The molecule has 1 atom stereocenters. The Morgan fingerprint density at radius 1 is 1.50 bits per heavy atom. The van der Waals surface area contributed by atoms with E-state index in [1.165, 1.54) is 12.8 Å². The zero-order chi connectivity index (χ0) is 12.0. The molecule has 0 bridgehead atoms. The lowest BCUT2D eigenvalue weighted by Crippen LogP contribution is -2.48. The van der Waals surface area contributed by atoms with Gasteiger partial charge in [0.15, 0.2) is 0 Å². The van der Waals surface area contributed by atoms with Crippen molar-refractivity contribution in [1.82, 2.24) is 10.2 Å². The molecule has 4 nitrogen and oxygen atoms in total. The van der Waals surface area contributed by atoms with Gasteiger partial charge in [0.25, 0.3) is 0 Å². The maximum absolute atomic E-state index is 11.1. The highest BCUT2D eigenvalue weighted by Crippen LogP contribution is 2.15. The van der Waals surface area contributed by atoms with Crippen LogP contribution in [0.25, 0.3) is 0 Å². The van der Waals surface area contributed by atoms with E-state index in [0.29, 0.717) is 6.54 Å². The van der Waals surface area contributed by atoms with Crippen LogP contribution >= 0.6 is 0 Å². The fourth-order valence-electron chi connectivity index (χ4n) is 2.05. The van der Waals surface area contributed by atoms with Crippen molar-refractivity contribution in [3.63, 3.8) is 0 Å². The van der Waals surface area contributed by atoms with Crippen LogP contribution in [-0.4, -0.2) is 48.2 Å². The van der Waals surface area contributed by atoms with Crippen LogP contribution in [0, 0.1) is 5.92 Å². The van der Waals surface area contributed by atoms with Crippen LogP contribution in [0.2, 0.25) is 0 Å². The number of rotatable bonds is 6. The third-order valence-corrected chi connectivity index (χ3v) is 3.26. The summed E-state index contributed by atoms with van der Waals surface area (Å²) < 4.78 is 0. The molecule has 2 N–H and O–H groups in total. The lowest BCUT2D eigenvalue weighted by atomic mass is 9.99. The summed E-state index contributed by atoms with van der Waals surface area (Å²) in [6.07, 6.45) is 3.36. The number of nitrogens with zero attached hydrogens (tertiary/aromatic N) is 1. The Labute approximate surface area is 98.0 Å². The van der Waals surface area contributed by atoms with Crippen LogP contribution in [0.1, 0.15) is 33.1 Å². The van der Waals surface area contributed by atoms with Gasteiger partial charge in [0.1, 0.15) is 6.04 Å². The lowest BCUT2D eigenvalue weighted by Gasteiger charge is -2.32. The van der Waals surface area contributed by atoms with E-state index in [2.05, 4.69) is 24.1 Å². The average Bonchev–Trinajstić information content (AvgIpc) is 2.26. The first kappa shape index (κ1) is 13.5. The Morgan fingerprint density at radius 3 is 2.62 bits per heavy atom. The second-order valence-corrected chi connectivity index (χ2v) is 4.83. The molecule has 0 spiro atoms. The summed E-state index contributed by atoms with van der Waals surface area (Å²) in [6.45, 7) is 7.82. The maximum Gasteiger partial charge on any atom is 0.322 e. The van der Waals surface area contributed by atoms with Crippen molar-refractivity contribution in [2.75, 3.05) is 26.2 Å². The van der Waals surface area contributed by atoms with Gasteiger partial charge in [0.2, 0.25) is 0 Å². The van der Waals surface area contributed by atoms with E-state index in [0.717, 1.165) is 32.0 Å². The lowest BCUT2D eigenvalue weighted by molar-refractivity contribution is -0.140. The standard InChI is InChI=1S/C12H24N2O2/c1-3-6-13-11(12(15)16)9-14-7-4-10(2)5-8-14/h10-11,13H,3-9H2,1-2H3,(H,15,16). The van der Waals surface area contributed by atoms with Crippen LogP contribution in [-0.2, 0) is 4.79 Å². The quantitative estimate of drug-likeness (QED) is 0.716. The van der Waals surface area contributed by atoms with E-state index in [9.17, 15) is 4.79 Å². The minimum absolute atomic E-state index is 0.409. The molecule has 4 heteroatoms. The first-order valence-electron chi connectivity index (χ1n) is 6.32. The molecule has 0 amide bonds. The van der Waals surface area contributed by atoms with E-state index in [-0.39, 0.29) is 0 Å². The van der Waals surface area contributed by atoms with Crippen molar-refractivity contribution in [3.05, 3.63) is 0 Å². The molecule has 0 aliphatic carbocycles. The normalized spacial score (nSPS) is 20.9. The summed E-state index contributed by atoms with van der Waals surface area (Å²) in [7, 11) is 0. The highest BCUT2D eigenvalue weighted by molar-refractivity contribution is 5.73. The average molecular weight is 228 g/mol. The molecular formula is C12H24N2O2. The second kappa shape index (κ2) is 6.86. The number of nitrogens with one attached hydrogen (secondary N) is 1. The molecule has 0 radical (unpaired) electrons. The van der Waals surface area contributed by atoms with E-state index in [1.54, 1.807) is 0 Å². The summed E-state index contributed by atoms with van der Waals surface area (Å²) in [5, 5.41) is 12.2. The molecule has 1 aliphatic rings. The largest absolute Gasteiger partial charge is 0.480 e. The fraction of sp³-hybridized carbons (Fsp3) is 0.917. The molecule has 0 aromatic heterocycles. The van der Waals surface area contributed by atoms with Crippen LogP contribution in [0.15, 0.2) is 0 Å². The highest BCUT2D eigenvalue weighted by Gasteiger charge is 2.22. The molecular weight excluding hydrogens is 204 g/mol. The third-order valence-electron chi connectivity index (χ3n) is 3.26. The van der Waals surface area contributed by atoms with Crippen molar-refractivity contribution in [1.29, 1.82) is 0 Å². The molecule has 1 saturated heterocycles. The van der Waals surface area contributed by atoms with Crippen molar-refractivity contribution in [2.24, 2.45) is 5.92 Å². The predicted molar refractivity (Wildman–Crippen MR) is 64.6 cm³/mol. The smallest absolute Gasteiger partial charge is 0.322 e. The van der Waals surface area contributed by atoms with Gasteiger partial charge in [-0.05, 0) is 44.8 Å². The van der Waals surface area contributed by atoms with Crippen LogP contribution in [0.5, 0.6) is 0 Å².